The van der Waals surface area contributed by atoms with E-state index in [1.165, 1.54) is 23.3 Å². The van der Waals surface area contributed by atoms with E-state index < -0.39 is 0 Å². The van der Waals surface area contributed by atoms with E-state index in [4.69, 9.17) is 5.73 Å². The number of thiazole rings is 1. The molecule has 0 saturated heterocycles. The van der Waals surface area contributed by atoms with Gasteiger partial charge in [-0.2, -0.15) is 0 Å². The van der Waals surface area contributed by atoms with E-state index in [2.05, 4.69) is 10.3 Å². The molecule has 19 heavy (non-hydrogen) atoms. The van der Waals surface area contributed by atoms with Crippen molar-refractivity contribution in [1.29, 1.82) is 0 Å². The van der Waals surface area contributed by atoms with Crippen LogP contribution in [-0.4, -0.2) is 42.3 Å². The summed E-state index contributed by atoms with van der Waals surface area (Å²) in [5.41, 5.74) is 6.91. The van der Waals surface area contributed by atoms with Gasteiger partial charge in [-0.25, -0.2) is 4.98 Å². The molecule has 6 nitrogen and oxygen atoms in total. The minimum Gasteiger partial charge on any atom is -0.375 e. The van der Waals surface area contributed by atoms with Crippen molar-refractivity contribution < 1.29 is 9.59 Å². The summed E-state index contributed by atoms with van der Waals surface area (Å²) in [6, 6.07) is 5.18. The molecule has 2 aromatic rings. The fraction of sp³-hybridized carbons (Fsp3) is 0.250. The van der Waals surface area contributed by atoms with Crippen LogP contribution in [0.15, 0.2) is 18.2 Å². The number of amides is 2. The molecule has 0 spiro atoms. The topological polar surface area (TPSA) is 88.3 Å². The van der Waals surface area contributed by atoms with E-state index in [0.29, 0.717) is 10.7 Å². The number of fused-ring (bicyclic) bond motifs is 1. The maximum Gasteiger partial charge on any atom is 0.254 e. The highest BCUT2D eigenvalue weighted by Crippen LogP contribution is 2.24. The van der Waals surface area contributed by atoms with Crippen LogP contribution < -0.4 is 11.1 Å². The highest BCUT2D eigenvalue weighted by molar-refractivity contribution is 7.22. The molecule has 3 N–H and O–H groups in total. The van der Waals surface area contributed by atoms with E-state index >= 15 is 0 Å². The second-order valence-electron chi connectivity index (χ2n) is 4.07. The molecule has 0 bridgehead atoms. The van der Waals surface area contributed by atoms with Crippen LogP contribution >= 0.6 is 11.3 Å². The molecule has 100 valence electrons. The molecule has 0 aliphatic rings. The summed E-state index contributed by atoms with van der Waals surface area (Å²) in [7, 11) is 3.12. The van der Waals surface area contributed by atoms with Gasteiger partial charge in [0.2, 0.25) is 5.91 Å². The number of likely N-dealkylation sites (N-methyl/N-ethyl adjacent to an activating group) is 2. The maximum absolute atomic E-state index is 12.1. The van der Waals surface area contributed by atoms with Crippen LogP contribution in [0, 0.1) is 0 Å². The summed E-state index contributed by atoms with van der Waals surface area (Å²) in [6.45, 7) is 0.0260. The number of benzene rings is 1. The molecule has 0 fully saturated rings. The number of rotatable bonds is 3. The van der Waals surface area contributed by atoms with E-state index in [-0.39, 0.29) is 18.4 Å². The van der Waals surface area contributed by atoms with Gasteiger partial charge in [-0.3, -0.25) is 9.59 Å². The second-order valence-corrected chi connectivity index (χ2v) is 5.13. The lowest BCUT2D eigenvalue weighted by atomic mass is 10.2. The van der Waals surface area contributed by atoms with Gasteiger partial charge >= 0.3 is 0 Å². The Balaban J connectivity index is 2.23. The van der Waals surface area contributed by atoms with Crippen molar-refractivity contribution in [3.05, 3.63) is 23.8 Å². The summed E-state index contributed by atoms with van der Waals surface area (Å²) < 4.78 is 0.858. The number of anilines is 1. The molecule has 0 aliphatic carbocycles. The zero-order chi connectivity index (χ0) is 14.0. The summed E-state index contributed by atoms with van der Waals surface area (Å²) >= 11 is 1.33. The van der Waals surface area contributed by atoms with Crippen LogP contribution in [0.25, 0.3) is 10.2 Å². The molecule has 1 aromatic heterocycles. The Morgan fingerprint density at radius 2 is 2.21 bits per heavy atom. The summed E-state index contributed by atoms with van der Waals surface area (Å²) in [5.74, 6) is -0.420. The number of hydrogen-bond donors (Lipinski definition) is 2. The number of carbonyl (C=O) groups excluding carboxylic acids is 2. The first kappa shape index (κ1) is 13.3. The molecule has 7 heteroatoms. The number of carbonyl (C=O) groups is 2. The number of hydrogen-bond acceptors (Lipinski definition) is 5. The number of nitrogen functional groups attached to an aromatic ring is 1. The number of aromatic nitrogens is 1. The Bertz CT molecular complexity index is 638. The Kier molecular flexibility index (Phi) is 3.66. The van der Waals surface area contributed by atoms with Crippen LogP contribution in [-0.2, 0) is 4.79 Å². The van der Waals surface area contributed by atoms with Gasteiger partial charge in [0.1, 0.15) is 0 Å². The monoisotopic (exact) mass is 278 g/mol. The highest BCUT2D eigenvalue weighted by atomic mass is 32.1. The van der Waals surface area contributed by atoms with Crippen molar-refractivity contribution >= 4 is 38.5 Å². The zero-order valence-electron chi connectivity index (χ0n) is 10.6. The van der Waals surface area contributed by atoms with E-state index in [1.54, 1.807) is 25.2 Å². The number of nitrogens with two attached hydrogens (primary N) is 1. The van der Waals surface area contributed by atoms with Crippen molar-refractivity contribution in [2.24, 2.45) is 0 Å². The van der Waals surface area contributed by atoms with Gasteiger partial charge in [0.15, 0.2) is 5.13 Å². The lowest BCUT2D eigenvalue weighted by Crippen LogP contribution is -2.36. The molecule has 2 rings (SSSR count). The Morgan fingerprint density at radius 3 is 2.89 bits per heavy atom. The van der Waals surface area contributed by atoms with Gasteiger partial charge in [-0.1, -0.05) is 11.3 Å². The highest BCUT2D eigenvalue weighted by Gasteiger charge is 2.15. The zero-order valence-corrected chi connectivity index (χ0v) is 11.5. The first-order valence-corrected chi connectivity index (χ1v) is 6.45. The van der Waals surface area contributed by atoms with E-state index in [9.17, 15) is 9.59 Å². The Hall–Kier alpha value is -2.15. The summed E-state index contributed by atoms with van der Waals surface area (Å²) in [5, 5.41) is 2.95. The lowest BCUT2D eigenvalue weighted by Gasteiger charge is -2.15. The second kappa shape index (κ2) is 5.23. The Labute approximate surface area is 114 Å². The molecule has 2 amide bonds. The first-order valence-electron chi connectivity index (χ1n) is 5.63. The Morgan fingerprint density at radius 1 is 1.47 bits per heavy atom. The van der Waals surface area contributed by atoms with Gasteiger partial charge in [0.25, 0.3) is 5.91 Å². The quantitative estimate of drug-likeness (QED) is 0.865. The molecular formula is C12H14N4O2S. The lowest BCUT2D eigenvalue weighted by molar-refractivity contribution is -0.121. The maximum atomic E-state index is 12.1. The first-order chi connectivity index (χ1) is 9.01. The molecule has 1 heterocycles. The molecule has 0 radical (unpaired) electrons. The van der Waals surface area contributed by atoms with Crippen molar-refractivity contribution in [1.82, 2.24) is 15.2 Å². The normalized spacial score (nSPS) is 10.4. The van der Waals surface area contributed by atoms with E-state index in [1.807, 2.05) is 0 Å². The number of nitrogens with one attached hydrogen (secondary N) is 1. The van der Waals surface area contributed by atoms with Gasteiger partial charge in [-0.15, -0.1) is 0 Å². The van der Waals surface area contributed by atoms with Crippen LogP contribution in [0.4, 0.5) is 5.13 Å². The summed E-state index contributed by atoms with van der Waals surface area (Å²) in [6.07, 6.45) is 0. The van der Waals surface area contributed by atoms with Crippen molar-refractivity contribution in [3.8, 4) is 0 Å². The fourth-order valence-corrected chi connectivity index (χ4v) is 2.44. The van der Waals surface area contributed by atoms with Gasteiger partial charge in [-0.05, 0) is 18.2 Å². The van der Waals surface area contributed by atoms with Gasteiger partial charge in [0, 0.05) is 19.7 Å². The standard InChI is InChI=1S/C12H14N4O2S/c1-14-10(17)6-16(2)11(18)7-3-4-8-9(5-7)19-12(13)15-8/h3-5H,6H2,1-2H3,(H2,13,15)(H,14,17). The molecule has 0 unspecified atom stereocenters. The number of nitrogens with zero attached hydrogens (tertiary/aromatic N) is 2. The van der Waals surface area contributed by atoms with Crippen LogP contribution in [0.5, 0.6) is 0 Å². The smallest absolute Gasteiger partial charge is 0.254 e. The van der Waals surface area contributed by atoms with Crippen LogP contribution in [0.1, 0.15) is 10.4 Å². The predicted molar refractivity (Wildman–Crippen MR) is 75.1 cm³/mol. The van der Waals surface area contributed by atoms with Crippen LogP contribution in [0.2, 0.25) is 0 Å². The van der Waals surface area contributed by atoms with Gasteiger partial charge in [0.05, 0.1) is 16.8 Å². The minimum atomic E-state index is -0.211. The van der Waals surface area contributed by atoms with Crippen molar-refractivity contribution in [3.63, 3.8) is 0 Å². The van der Waals surface area contributed by atoms with E-state index in [0.717, 1.165) is 10.2 Å². The fourth-order valence-electron chi connectivity index (χ4n) is 1.66. The predicted octanol–water partition coefficient (Wildman–Crippen LogP) is 0.696. The molecule has 1 aromatic carbocycles. The van der Waals surface area contributed by atoms with Gasteiger partial charge < -0.3 is 16.0 Å². The van der Waals surface area contributed by atoms with Crippen LogP contribution in [0.3, 0.4) is 0 Å². The average Bonchev–Trinajstić information content (AvgIpc) is 2.76. The van der Waals surface area contributed by atoms with Crippen molar-refractivity contribution in [2.45, 2.75) is 0 Å². The van der Waals surface area contributed by atoms with Crippen molar-refractivity contribution in [2.75, 3.05) is 26.4 Å². The SMILES string of the molecule is CNC(=O)CN(C)C(=O)c1ccc2nc(N)sc2c1. The summed E-state index contributed by atoms with van der Waals surface area (Å²) in [4.78, 5) is 28.9. The largest absolute Gasteiger partial charge is 0.375 e. The molecular weight excluding hydrogens is 264 g/mol. The third-order valence-electron chi connectivity index (χ3n) is 2.66. The minimum absolute atomic E-state index is 0.0260. The average molecular weight is 278 g/mol. The third kappa shape index (κ3) is 2.82. The molecule has 0 saturated carbocycles. The molecule has 0 atom stereocenters. The molecule has 0 aliphatic heterocycles. The third-order valence-corrected chi connectivity index (χ3v) is 3.51.